The maximum absolute atomic E-state index is 13.9. The van der Waals surface area contributed by atoms with Crippen molar-refractivity contribution in [2.24, 2.45) is 5.92 Å². The molecule has 2 nitrogen and oxygen atoms in total. The first-order valence-corrected chi connectivity index (χ1v) is 6.16. The van der Waals surface area contributed by atoms with E-state index < -0.39 is 11.6 Å². The van der Waals surface area contributed by atoms with E-state index in [0.717, 1.165) is 6.54 Å². The predicted molar refractivity (Wildman–Crippen MR) is 72.5 cm³/mol. The van der Waals surface area contributed by atoms with Crippen molar-refractivity contribution in [2.45, 2.75) is 20.4 Å². The Labute approximate surface area is 111 Å². The molecule has 0 aliphatic carbocycles. The second kappa shape index (κ2) is 5.34. The van der Waals surface area contributed by atoms with Crippen molar-refractivity contribution in [1.29, 1.82) is 0 Å². The van der Waals surface area contributed by atoms with Crippen molar-refractivity contribution >= 4 is 6.08 Å². The first kappa shape index (κ1) is 13.5. The lowest BCUT2D eigenvalue weighted by atomic mass is 10.1. The molecular weight excluding hydrogens is 246 g/mol. The normalized spacial score (nSPS) is 11.0. The molecule has 1 aromatic carbocycles. The molecule has 0 radical (unpaired) electrons. The third-order valence-electron chi connectivity index (χ3n) is 2.83. The fraction of sp³-hybridized carbons (Fsp3) is 0.267. The predicted octanol–water partition coefficient (Wildman–Crippen LogP) is 4.13. The van der Waals surface area contributed by atoms with E-state index in [4.69, 9.17) is 0 Å². The molecule has 0 amide bonds. The summed E-state index contributed by atoms with van der Waals surface area (Å²) in [5.74, 6) is -1.29. The minimum absolute atomic E-state index is 0.163. The van der Waals surface area contributed by atoms with Crippen LogP contribution in [0.15, 0.2) is 31.1 Å². The number of hydrogen-bond donors (Lipinski definition) is 0. The van der Waals surface area contributed by atoms with Crippen molar-refractivity contribution in [2.75, 3.05) is 0 Å². The lowest BCUT2D eigenvalue weighted by molar-refractivity contribution is 0.483. The Morgan fingerprint density at radius 2 is 2.05 bits per heavy atom. The molecule has 0 unspecified atom stereocenters. The highest BCUT2D eigenvalue weighted by atomic mass is 19.2. The summed E-state index contributed by atoms with van der Waals surface area (Å²) in [6.45, 7) is 8.33. The summed E-state index contributed by atoms with van der Waals surface area (Å²) < 4.78 is 29.4. The van der Waals surface area contributed by atoms with E-state index in [0.29, 0.717) is 11.5 Å². The number of hydrogen-bond acceptors (Lipinski definition) is 1. The lowest BCUT2D eigenvalue weighted by Crippen LogP contribution is -2.04. The van der Waals surface area contributed by atoms with Gasteiger partial charge in [-0.2, -0.15) is 5.10 Å². The van der Waals surface area contributed by atoms with Gasteiger partial charge in [-0.1, -0.05) is 38.6 Å². The molecule has 0 bridgehead atoms. The zero-order chi connectivity index (χ0) is 14.0. The molecule has 2 rings (SSSR count). The van der Waals surface area contributed by atoms with E-state index in [9.17, 15) is 8.78 Å². The van der Waals surface area contributed by atoms with E-state index in [2.05, 4.69) is 25.5 Å². The van der Waals surface area contributed by atoms with Gasteiger partial charge in [0, 0.05) is 29.4 Å². The van der Waals surface area contributed by atoms with Gasteiger partial charge in [0.2, 0.25) is 0 Å². The number of aromatic nitrogens is 2. The minimum atomic E-state index is -0.871. The maximum Gasteiger partial charge on any atom is 0.167 e. The third kappa shape index (κ3) is 2.72. The molecule has 0 saturated carbocycles. The molecule has 1 heterocycles. The number of halogens is 2. The summed E-state index contributed by atoms with van der Waals surface area (Å²) in [7, 11) is 0. The molecule has 2 aromatic rings. The Kier molecular flexibility index (Phi) is 3.79. The first-order chi connectivity index (χ1) is 9.02. The van der Waals surface area contributed by atoms with Crippen LogP contribution in [-0.4, -0.2) is 9.78 Å². The van der Waals surface area contributed by atoms with Gasteiger partial charge in [0.05, 0.1) is 6.20 Å². The van der Waals surface area contributed by atoms with Crippen LogP contribution in [0.1, 0.15) is 19.4 Å². The maximum atomic E-state index is 13.9. The minimum Gasteiger partial charge on any atom is -0.272 e. The van der Waals surface area contributed by atoms with Crippen molar-refractivity contribution in [3.05, 3.63) is 48.3 Å². The molecule has 4 heteroatoms. The Morgan fingerprint density at radius 3 is 2.68 bits per heavy atom. The SMILES string of the molecule is C=Cc1ccc(-c2cnn(CC(C)C)c2)c(F)c1F. The van der Waals surface area contributed by atoms with Gasteiger partial charge in [-0.25, -0.2) is 8.78 Å². The molecule has 0 aliphatic heterocycles. The van der Waals surface area contributed by atoms with Gasteiger partial charge in [0.15, 0.2) is 11.6 Å². The molecule has 0 N–H and O–H groups in total. The molecule has 100 valence electrons. The van der Waals surface area contributed by atoms with E-state index in [1.54, 1.807) is 23.1 Å². The fourth-order valence-corrected chi connectivity index (χ4v) is 1.92. The summed E-state index contributed by atoms with van der Waals surface area (Å²) in [6.07, 6.45) is 4.57. The van der Waals surface area contributed by atoms with Crippen LogP contribution in [0.3, 0.4) is 0 Å². The summed E-state index contributed by atoms with van der Waals surface area (Å²) in [5.41, 5.74) is 0.960. The molecule has 19 heavy (non-hydrogen) atoms. The van der Waals surface area contributed by atoms with Gasteiger partial charge in [0.25, 0.3) is 0 Å². The van der Waals surface area contributed by atoms with Crippen LogP contribution < -0.4 is 0 Å². The highest BCUT2D eigenvalue weighted by molar-refractivity contribution is 5.65. The van der Waals surface area contributed by atoms with E-state index in [1.807, 2.05) is 0 Å². The second-order valence-electron chi connectivity index (χ2n) is 4.88. The zero-order valence-corrected chi connectivity index (χ0v) is 11.0. The number of benzene rings is 1. The van der Waals surface area contributed by atoms with Crippen LogP contribution in [-0.2, 0) is 6.54 Å². The van der Waals surface area contributed by atoms with Crippen molar-refractivity contribution in [1.82, 2.24) is 9.78 Å². The average molecular weight is 262 g/mol. The topological polar surface area (TPSA) is 17.8 Å². The van der Waals surface area contributed by atoms with Crippen molar-refractivity contribution in [3.8, 4) is 11.1 Å². The van der Waals surface area contributed by atoms with E-state index in [-0.39, 0.29) is 11.1 Å². The number of rotatable bonds is 4. The average Bonchev–Trinajstić information content (AvgIpc) is 2.80. The molecular formula is C15H16F2N2. The summed E-state index contributed by atoms with van der Waals surface area (Å²) in [5, 5.41) is 4.15. The number of nitrogens with zero attached hydrogens (tertiary/aromatic N) is 2. The highest BCUT2D eigenvalue weighted by Crippen LogP contribution is 2.26. The Bertz CT molecular complexity index is 600. The second-order valence-corrected chi connectivity index (χ2v) is 4.88. The quantitative estimate of drug-likeness (QED) is 0.810. The standard InChI is InChI=1S/C15H16F2N2/c1-4-11-5-6-13(15(17)14(11)16)12-7-18-19(9-12)8-10(2)3/h4-7,9-10H,1,8H2,2-3H3. The van der Waals surface area contributed by atoms with Gasteiger partial charge in [0.1, 0.15) is 0 Å². The van der Waals surface area contributed by atoms with Crippen molar-refractivity contribution in [3.63, 3.8) is 0 Å². The van der Waals surface area contributed by atoms with Gasteiger partial charge in [-0.05, 0) is 5.92 Å². The summed E-state index contributed by atoms with van der Waals surface area (Å²) in [4.78, 5) is 0. The molecule has 0 fully saturated rings. The Morgan fingerprint density at radius 1 is 1.32 bits per heavy atom. The van der Waals surface area contributed by atoms with Crippen LogP contribution in [0.5, 0.6) is 0 Å². The monoisotopic (exact) mass is 262 g/mol. The molecule has 0 atom stereocenters. The van der Waals surface area contributed by atoms with Gasteiger partial charge < -0.3 is 0 Å². The van der Waals surface area contributed by atoms with E-state index in [1.165, 1.54) is 12.1 Å². The molecule has 0 saturated heterocycles. The fourth-order valence-electron chi connectivity index (χ4n) is 1.92. The van der Waals surface area contributed by atoms with Crippen LogP contribution in [0, 0.1) is 17.6 Å². The Hall–Kier alpha value is -1.97. The third-order valence-corrected chi connectivity index (χ3v) is 2.83. The summed E-state index contributed by atoms with van der Waals surface area (Å²) >= 11 is 0. The first-order valence-electron chi connectivity index (χ1n) is 6.16. The lowest BCUT2D eigenvalue weighted by Gasteiger charge is -2.05. The largest absolute Gasteiger partial charge is 0.272 e. The van der Waals surface area contributed by atoms with Crippen LogP contribution in [0.4, 0.5) is 8.78 Å². The van der Waals surface area contributed by atoms with Crippen LogP contribution in [0.2, 0.25) is 0 Å². The smallest absolute Gasteiger partial charge is 0.167 e. The molecule has 1 aromatic heterocycles. The van der Waals surface area contributed by atoms with Gasteiger partial charge >= 0.3 is 0 Å². The van der Waals surface area contributed by atoms with Gasteiger partial charge in [-0.3, -0.25) is 4.68 Å². The van der Waals surface area contributed by atoms with Crippen LogP contribution >= 0.6 is 0 Å². The molecule has 0 aliphatic rings. The molecule has 0 spiro atoms. The van der Waals surface area contributed by atoms with Crippen LogP contribution in [0.25, 0.3) is 17.2 Å². The highest BCUT2D eigenvalue weighted by Gasteiger charge is 2.14. The van der Waals surface area contributed by atoms with E-state index >= 15 is 0 Å². The zero-order valence-electron chi connectivity index (χ0n) is 11.0. The van der Waals surface area contributed by atoms with Gasteiger partial charge in [-0.15, -0.1) is 0 Å². The summed E-state index contributed by atoms with van der Waals surface area (Å²) in [6, 6.07) is 3.06. The van der Waals surface area contributed by atoms with Crippen molar-refractivity contribution < 1.29 is 8.78 Å². The Balaban J connectivity index is 2.39.